The van der Waals surface area contributed by atoms with E-state index in [4.69, 9.17) is 0 Å². The molecule has 0 N–H and O–H groups in total. The van der Waals surface area contributed by atoms with Crippen molar-refractivity contribution in [3.63, 3.8) is 0 Å². The first-order chi connectivity index (χ1) is 6.08. The van der Waals surface area contributed by atoms with Gasteiger partial charge in [-0.05, 0) is 31.2 Å². The van der Waals surface area contributed by atoms with E-state index in [2.05, 4.69) is 45.9 Å². The molecule has 0 spiro atoms. The van der Waals surface area contributed by atoms with Crippen LogP contribution in [0.4, 0.5) is 0 Å². The highest BCUT2D eigenvalue weighted by molar-refractivity contribution is 7.47. The van der Waals surface area contributed by atoms with Crippen LogP contribution in [0.5, 0.6) is 0 Å². The normalized spacial score (nSPS) is 11.8. The first-order valence-corrected chi connectivity index (χ1v) is 6.11. The van der Waals surface area contributed by atoms with E-state index in [0.29, 0.717) is 0 Å². The van der Waals surface area contributed by atoms with Gasteiger partial charge in [0.2, 0.25) is 0 Å². The van der Waals surface area contributed by atoms with Crippen molar-refractivity contribution in [1.82, 2.24) is 0 Å². The fourth-order valence-electron chi connectivity index (χ4n) is 1.40. The molecule has 72 valence electrons. The third-order valence-corrected chi connectivity index (χ3v) is 3.65. The topological polar surface area (TPSA) is 0 Å². The number of aryl methyl sites for hydroxylation is 2. The predicted molar refractivity (Wildman–Crippen MR) is 63.6 cm³/mol. The van der Waals surface area contributed by atoms with E-state index in [1.54, 1.807) is 0 Å². The number of rotatable bonds is 3. The molecular weight excluding hydrogens is 175 g/mol. The Labute approximate surface area is 83.5 Å². The van der Waals surface area contributed by atoms with E-state index in [9.17, 15) is 0 Å². The Morgan fingerprint density at radius 2 is 1.62 bits per heavy atom. The minimum atomic E-state index is 0.819. The van der Waals surface area contributed by atoms with Crippen LogP contribution in [0.3, 0.4) is 0 Å². The highest BCUT2D eigenvalue weighted by Crippen LogP contribution is 2.16. The van der Waals surface area contributed by atoms with E-state index in [1.165, 1.54) is 22.6 Å². The average molecular weight is 194 g/mol. The quantitative estimate of drug-likeness (QED) is 0.648. The molecule has 0 bridgehead atoms. The molecular formula is C12H19P. The molecule has 0 nitrogen and oxygen atoms in total. The third-order valence-electron chi connectivity index (χ3n) is 1.94. The lowest BCUT2D eigenvalue weighted by Gasteiger charge is -2.07. The Bertz CT molecular complexity index is 256. The molecule has 1 aromatic carbocycles. The number of hydrogen-bond acceptors (Lipinski definition) is 0. The monoisotopic (exact) mass is 194 g/mol. The van der Waals surface area contributed by atoms with Gasteiger partial charge in [-0.3, -0.25) is 0 Å². The Balaban J connectivity index is 2.66. The highest BCUT2D eigenvalue weighted by atomic mass is 31.1. The molecule has 0 aromatic heterocycles. The Kier molecular flexibility index (Phi) is 3.93. The summed E-state index contributed by atoms with van der Waals surface area (Å²) >= 11 is 0. The van der Waals surface area contributed by atoms with Crippen molar-refractivity contribution in [2.75, 3.05) is 6.16 Å². The van der Waals surface area contributed by atoms with E-state index >= 15 is 0 Å². The van der Waals surface area contributed by atoms with E-state index < -0.39 is 0 Å². The first-order valence-electron chi connectivity index (χ1n) is 4.90. The molecule has 0 radical (unpaired) electrons. The molecule has 1 aromatic rings. The Morgan fingerprint density at radius 3 is 2.08 bits per heavy atom. The second-order valence-electron chi connectivity index (χ2n) is 4.15. The summed E-state index contributed by atoms with van der Waals surface area (Å²) in [6, 6.07) is 6.87. The summed E-state index contributed by atoms with van der Waals surface area (Å²) in [7, 11) is 0.978. The van der Waals surface area contributed by atoms with Crippen molar-refractivity contribution < 1.29 is 0 Å². The largest absolute Gasteiger partial charge is 0.0901 e. The number of hydrogen-bond donors (Lipinski definition) is 0. The number of benzene rings is 1. The lowest BCUT2D eigenvalue weighted by molar-refractivity contribution is 0.749. The van der Waals surface area contributed by atoms with Gasteiger partial charge in [0.15, 0.2) is 0 Å². The van der Waals surface area contributed by atoms with Gasteiger partial charge >= 0.3 is 0 Å². The molecule has 1 atom stereocenters. The van der Waals surface area contributed by atoms with Gasteiger partial charge in [-0.15, -0.1) is 0 Å². The van der Waals surface area contributed by atoms with Gasteiger partial charge in [0.25, 0.3) is 0 Å². The lowest BCUT2D eigenvalue weighted by atomic mass is 10.2. The van der Waals surface area contributed by atoms with Crippen LogP contribution in [0.2, 0.25) is 0 Å². The molecule has 0 fully saturated rings. The average Bonchev–Trinajstić information content (AvgIpc) is 1.99. The Morgan fingerprint density at radius 1 is 1.08 bits per heavy atom. The van der Waals surface area contributed by atoms with E-state index in [-0.39, 0.29) is 0 Å². The van der Waals surface area contributed by atoms with Crippen molar-refractivity contribution in [3.05, 3.63) is 29.3 Å². The molecule has 0 saturated carbocycles. The summed E-state index contributed by atoms with van der Waals surface area (Å²) in [5, 5.41) is 1.52. The third kappa shape index (κ3) is 3.91. The van der Waals surface area contributed by atoms with Gasteiger partial charge in [-0.1, -0.05) is 51.8 Å². The summed E-state index contributed by atoms with van der Waals surface area (Å²) in [6.07, 6.45) is 1.32. The van der Waals surface area contributed by atoms with Crippen LogP contribution < -0.4 is 5.30 Å². The predicted octanol–water partition coefficient (Wildman–Crippen LogP) is 3.26. The first kappa shape index (κ1) is 10.7. The van der Waals surface area contributed by atoms with Crippen LogP contribution in [-0.2, 0) is 0 Å². The van der Waals surface area contributed by atoms with Crippen LogP contribution in [0.15, 0.2) is 18.2 Å². The molecule has 0 heterocycles. The van der Waals surface area contributed by atoms with Gasteiger partial charge in [0, 0.05) is 0 Å². The van der Waals surface area contributed by atoms with Crippen molar-refractivity contribution in [3.8, 4) is 0 Å². The molecule has 0 aliphatic rings. The van der Waals surface area contributed by atoms with E-state index in [0.717, 1.165) is 14.5 Å². The molecule has 0 saturated heterocycles. The molecule has 1 unspecified atom stereocenters. The van der Waals surface area contributed by atoms with Crippen molar-refractivity contribution in [2.24, 2.45) is 5.92 Å². The molecule has 1 rings (SSSR count). The fourth-order valence-corrected chi connectivity index (χ4v) is 2.70. The van der Waals surface area contributed by atoms with Gasteiger partial charge in [0.1, 0.15) is 0 Å². The second-order valence-corrected chi connectivity index (χ2v) is 5.49. The Hall–Kier alpha value is -0.350. The molecule has 0 amide bonds. The standard InChI is InChI=1S/C12H19P/c1-9(2)8-13-12-6-10(3)5-11(4)7-12/h5-7,9,13H,8H2,1-4H3. The second kappa shape index (κ2) is 4.77. The van der Waals surface area contributed by atoms with Crippen molar-refractivity contribution in [2.45, 2.75) is 27.7 Å². The summed E-state index contributed by atoms with van der Waals surface area (Å²) in [6.45, 7) is 8.93. The molecule has 13 heavy (non-hydrogen) atoms. The smallest absolute Gasteiger partial charge is 0.0266 e. The van der Waals surface area contributed by atoms with E-state index in [1.807, 2.05) is 0 Å². The zero-order valence-electron chi connectivity index (χ0n) is 9.02. The lowest BCUT2D eigenvalue weighted by Crippen LogP contribution is -2.00. The summed E-state index contributed by atoms with van der Waals surface area (Å²) in [4.78, 5) is 0. The maximum absolute atomic E-state index is 2.31. The van der Waals surface area contributed by atoms with Crippen LogP contribution in [0.1, 0.15) is 25.0 Å². The molecule has 1 heteroatoms. The minimum absolute atomic E-state index is 0.819. The molecule has 0 aliphatic heterocycles. The minimum Gasteiger partial charge on any atom is -0.0901 e. The zero-order valence-corrected chi connectivity index (χ0v) is 10.0. The SMILES string of the molecule is Cc1cc(C)cc(PCC(C)C)c1. The van der Waals surface area contributed by atoms with Crippen LogP contribution >= 0.6 is 8.58 Å². The van der Waals surface area contributed by atoms with Crippen molar-refractivity contribution >= 4 is 13.9 Å². The molecule has 0 aliphatic carbocycles. The van der Waals surface area contributed by atoms with Crippen molar-refractivity contribution in [1.29, 1.82) is 0 Å². The zero-order chi connectivity index (χ0) is 9.84. The summed E-state index contributed by atoms with van der Waals surface area (Å²) in [5.74, 6) is 0.819. The maximum Gasteiger partial charge on any atom is -0.0266 e. The van der Waals surface area contributed by atoms with Crippen LogP contribution in [0.25, 0.3) is 0 Å². The summed E-state index contributed by atoms with van der Waals surface area (Å²) < 4.78 is 0. The highest BCUT2D eigenvalue weighted by Gasteiger charge is 1.98. The van der Waals surface area contributed by atoms with Gasteiger partial charge in [0.05, 0.1) is 0 Å². The van der Waals surface area contributed by atoms with Gasteiger partial charge in [-0.25, -0.2) is 0 Å². The summed E-state index contributed by atoms with van der Waals surface area (Å²) in [5.41, 5.74) is 2.79. The van der Waals surface area contributed by atoms with Gasteiger partial charge < -0.3 is 0 Å². The van der Waals surface area contributed by atoms with Crippen LogP contribution in [-0.4, -0.2) is 6.16 Å². The maximum atomic E-state index is 2.31. The van der Waals surface area contributed by atoms with Crippen LogP contribution in [0, 0.1) is 19.8 Å². The van der Waals surface area contributed by atoms with Gasteiger partial charge in [-0.2, -0.15) is 0 Å². The fraction of sp³-hybridized carbons (Fsp3) is 0.500.